The Bertz CT molecular complexity index is 913. The molecule has 0 unspecified atom stereocenters. The predicted molar refractivity (Wildman–Crippen MR) is 113 cm³/mol. The first-order chi connectivity index (χ1) is 13.7. The minimum atomic E-state index is -0.0510. The standard InChI is InChI=1S/C22H24N4OS/c1-15(16-8-10-17(11-9-16)18-5-4-12-23-13-18)24-14-21(27)26-22-25-19-6-2-3-7-20(19)28-22/h4-5,8-13,15,24H,2-3,6-7,14H2,1H3,(H,25,26,27)/t15-/m0/s1. The molecule has 1 aliphatic rings. The lowest BCUT2D eigenvalue weighted by Crippen LogP contribution is -2.30. The van der Waals surface area contributed by atoms with Gasteiger partial charge in [-0.3, -0.25) is 9.78 Å². The Kier molecular flexibility index (Phi) is 5.78. The van der Waals surface area contributed by atoms with E-state index in [1.54, 1.807) is 17.5 Å². The van der Waals surface area contributed by atoms with Gasteiger partial charge < -0.3 is 10.6 Å². The van der Waals surface area contributed by atoms with E-state index in [0.29, 0.717) is 0 Å². The van der Waals surface area contributed by atoms with Crippen LogP contribution in [0, 0.1) is 0 Å². The van der Waals surface area contributed by atoms with Crippen molar-refractivity contribution in [3.63, 3.8) is 0 Å². The summed E-state index contributed by atoms with van der Waals surface area (Å²) >= 11 is 1.62. The van der Waals surface area contributed by atoms with Crippen LogP contribution in [0.5, 0.6) is 0 Å². The molecule has 0 fully saturated rings. The lowest BCUT2D eigenvalue weighted by atomic mass is 10.0. The van der Waals surface area contributed by atoms with Crippen molar-refractivity contribution in [2.24, 2.45) is 0 Å². The molecule has 144 valence electrons. The van der Waals surface area contributed by atoms with Crippen molar-refractivity contribution >= 4 is 22.4 Å². The smallest absolute Gasteiger partial charge is 0.240 e. The van der Waals surface area contributed by atoms with E-state index in [0.717, 1.165) is 34.7 Å². The molecular weight excluding hydrogens is 368 g/mol. The van der Waals surface area contributed by atoms with Crippen LogP contribution in [0.4, 0.5) is 5.13 Å². The van der Waals surface area contributed by atoms with Crippen LogP contribution in [-0.4, -0.2) is 22.4 Å². The van der Waals surface area contributed by atoms with Gasteiger partial charge in [0.05, 0.1) is 12.2 Å². The third-order valence-electron chi connectivity index (χ3n) is 5.07. The number of fused-ring (bicyclic) bond motifs is 1. The van der Waals surface area contributed by atoms with Crippen LogP contribution in [0.2, 0.25) is 0 Å². The van der Waals surface area contributed by atoms with Gasteiger partial charge >= 0.3 is 0 Å². The summed E-state index contributed by atoms with van der Waals surface area (Å²) in [5, 5.41) is 6.96. The number of carbonyl (C=O) groups is 1. The van der Waals surface area contributed by atoms with Crippen LogP contribution in [0.15, 0.2) is 48.8 Å². The summed E-state index contributed by atoms with van der Waals surface area (Å²) in [6.45, 7) is 2.32. The van der Waals surface area contributed by atoms with Gasteiger partial charge in [-0.2, -0.15) is 0 Å². The van der Waals surface area contributed by atoms with Crippen molar-refractivity contribution in [3.8, 4) is 11.1 Å². The third kappa shape index (κ3) is 4.46. The number of anilines is 1. The van der Waals surface area contributed by atoms with Gasteiger partial charge in [-0.05, 0) is 55.4 Å². The molecule has 1 atom stereocenters. The number of pyridine rings is 1. The summed E-state index contributed by atoms with van der Waals surface area (Å²) in [5.74, 6) is -0.0510. The molecule has 1 aliphatic carbocycles. The van der Waals surface area contributed by atoms with Crippen LogP contribution >= 0.6 is 11.3 Å². The van der Waals surface area contributed by atoms with Gasteiger partial charge in [0.15, 0.2) is 5.13 Å². The topological polar surface area (TPSA) is 66.9 Å². The molecule has 0 radical (unpaired) electrons. The molecule has 0 spiro atoms. The molecule has 0 aliphatic heterocycles. The monoisotopic (exact) mass is 392 g/mol. The van der Waals surface area contributed by atoms with E-state index < -0.39 is 0 Å². The van der Waals surface area contributed by atoms with Crippen molar-refractivity contribution in [2.75, 3.05) is 11.9 Å². The van der Waals surface area contributed by atoms with E-state index in [4.69, 9.17) is 0 Å². The lowest BCUT2D eigenvalue weighted by molar-refractivity contribution is -0.115. The Morgan fingerprint density at radius 2 is 1.96 bits per heavy atom. The zero-order valence-corrected chi connectivity index (χ0v) is 16.8. The summed E-state index contributed by atoms with van der Waals surface area (Å²) in [6.07, 6.45) is 8.18. The van der Waals surface area contributed by atoms with E-state index >= 15 is 0 Å². The molecule has 2 heterocycles. The molecule has 6 heteroatoms. The van der Waals surface area contributed by atoms with Crippen LogP contribution in [0.25, 0.3) is 11.1 Å². The number of amides is 1. The summed E-state index contributed by atoms with van der Waals surface area (Å²) in [6, 6.07) is 12.4. The maximum Gasteiger partial charge on any atom is 0.240 e. The number of nitrogens with one attached hydrogen (secondary N) is 2. The van der Waals surface area contributed by atoms with Gasteiger partial charge in [0, 0.05) is 23.3 Å². The molecule has 0 saturated carbocycles. The van der Waals surface area contributed by atoms with Crippen molar-refractivity contribution in [1.29, 1.82) is 0 Å². The van der Waals surface area contributed by atoms with Gasteiger partial charge in [-0.15, -0.1) is 11.3 Å². The number of thiazole rings is 1. The molecule has 4 rings (SSSR count). The number of benzene rings is 1. The fraction of sp³-hybridized carbons (Fsp3) is 0.318. The highest BCUT2D eigenvalue weighted by Crippen LogP contribution is 2.29. The number of aryl methyl sites for hydroxylation is 2. The molecule has 28 heavy (non-hydrogen) atoms. The molecule has 0 saturated heterocycles. The fourth-order valence-electron chi connectivity index (χ4n) is 3.43. The van der Waals surface area contributed by atoms with Crippen LogP contribution in [0.1, 0.15) is 41.9 Å². The zero-order chi connectivity index (χ0) is 19.3. The summed E-state index contributed by atoms with van der Waals surface area (Å²) in [7, 11) is 0. The number of aromatic nitrogens is 2. The van der Waals surface area contributed by atoms with E-state index in [2.05, 4.69) is 51.8 Å². The average molecular weight is 393 g/mol. The second kappa shape index (κ2) is 8.63. The van der Waals surface area contributed by atoms with E-state index in [9.17, 15) is 4.79 Å². The summed E-state index contributed by atoms with van der Waals surface area (Å²) in [4.78, 5) is 22.3. The molecular formula is C22H24N4OS. The molecule has 5 nitrogen and oxygen atoms in total. The molecule has 2 aromatic heterocycles. The van der Waals surface area contributed by atoms with Gasteiger partial charge in [-0.25, -0.2) is 4.98 Å². The second-order valence-electron chi connectivity index (χ2n) is 7.11. The number of hydrogen-bond donors (Lipinski definition) is 2. The number of rotatable bonds is 6. The maximum absolute atomic E-state index is 12.3. The first-order valence-corrected chi connectivity index (χ1v) is 10.5. The first kappa shape index (κ1) is 18.8. The van der Waals surface area contributed by atoms with Gasteiger partial charge in [-0.1, -0.05) is 30.3 Å². The Labute approximate surface area is 169 Å². The highest BCUT2D eigenvalue weighted by Gasteiger charge is 2.16. The molecule has 1 aromatic carbocycles. The second-order valence-corrected chi connectivity index (χ2v) is 8.19. The lowest BCUT2D eigenvalue weighted by Gasteiger charge is -2.14. The van der Waals surface area contributed by atoms with Crippen LogP contribution < -0.4 is 10.6 Å². The quantitative estimate of drug-likeness (QED) is 0.654. The van der Waals surface area contributed by atoms with Gasteiger partial charge in [0.1, 0.15) is 0 Å². The fourth-order valence-corrected chi connectivity index (χ4v) is 4.50. The SMILES string of the molecule is C[C@H](NCC(=O)Nc1nc2c(s1)CCCC2)c1ccc(-c2cccnc2)cc1. The van der Waals surface area contributed by atoms with Crippen molar-refractivity contribution in [1.82, 2.24) is 15.3 Å². The van der Waals surface area contributed by atoms with Crippen molar-refractivity contribution in [2.45, 2.75) is 38.6 Å². The van der Waals surface area contributed by atoms with E-state index in [-0.39, 0.29) is 18.5 Å². The minimum absolute atomic E-state index is 0.0510. The Morgan fingerprint density at radius 3 is 2.71 bits per heavy atom. The minimum Gasteiger partial charge on any atom is -0.302 e. The summed E-state index contributed by atoms with van der Waals surface area (Å²) in [5.41, 5.74) is 4.54. The van der Waals surface area contributed by atoms with E-state index in [1.807, 2.05) is 18.3 Å². The van der Waals surface area contributed by atoms with Gasteiger partial charge in [0.2, 0.25) is 5.91 Å². The Balaban J connectivity index is 1.30. The van der Waals surface area contributed by atoms with Gasteiger partial charge in [0.25, 0.3) is 0 Å². The van der Waals surface area contributed by atoms with Crippen molar-refractivity contribution in [3.05, 3.63) is 64.9 Å². The van der Waals surface area contributed by atoms with Crippen LogP contribution in [0.3, 0.4) is 0 Å². The molecule has 2 N–H and O–H groups in total. The zero-order valence-electron chi connectivity index (χ0n) is 15.9. The maximum atomic E-state index is 12.3. The number of nitrogens with zero attached hydrogens (tertiary/aromatic N) is 2. The Hall–Kier alpha value is -2.57. The summed E-state index contributed by atoms with van der Waals surface area (Å²) < 4.78 is 0. The normalized spacial score (nSPS) is 14.3. The highest BCUT2D eigenvalue weighted by atomic mass is 32.1. The largest absolute Gasteiger partial charge is 0.302 e. The number of hydrogen-bond acceptors (Lipinski definition) is 5. The molecule has 1 amide bonds. The predicted octanol–water partition coefficient (Wildman–Crippen LogP) is 4.37. The molecule has 3 aromatic rings. The Morgan fingerprint density at radius 1 is 1.14 bits per heavy atom. The van der Waals surface area contributed by atoms with E-state index in [1.165, 1.54) is 23.4 Å². The number of carbonyl (C=O) groups excluding carboxylic acids is 1. The van der Waals surface area contributed by atoms with Crippen molar-refractivity contribution < 1.29 is 4.79 Å². The molecule has 0 bridgehead atoms. The average Bonchev–Trinajstić information content (AvgIpc) is 3.15. The third-order valence-corrected chi connectivity index (χ3v) is 6.14. The van der Waals surface area contributed by atoms with Crippen LogP contribution in [-0.2, 0) is 17.6 Å². The first-order valence-electron chi connectivity index (χ1n) is 9.71. The highest BCUT2D eigenvalue weighted by molar-refractivity contribution is 7.15.